The molecule has 0 fully saturated rings. The SMILES string of the molecule is C1=C(Cc2ccccc2)CCCO1. The van der Waals surface area contributed by atoms with Crippen LogP contribution in [0.1, 0.15) is 18.4 Å². The van der Waals surface area contributed by atoms with Crippen molar-refractivity contribution in [1.82, 2.24) is 0 Å². The van der Waals surface area contributed by atoms with Gasteiger partial charge in [0.2, 0.25) is 0 Å². The van der Waals surface area contributed by atoms with Crippen molar-refractivity contribution < 1.29 is 4.74 Å². The van der Waals surface area contributed by atoms with Crippen molar-refractivity contribution in [3.8, 4) is 0 Å². The third-order valence-electron chi connectivity index (χ3n) is 2.28. The van der Waals surface area contributed by atoms with Crippen LogP contribution in [-0.4, -0.2) is 6.61 Å². The maximum atomic E-state index is 5.29. The van der Waals surface area contributed by atoms with Gasteiger partial charge in [-0.05, 0) is 30.4 Å². The monoisotopic (exact) mass is 174 g/mol. The lowest BCUT2D eigenvalue weighted by Crippen LogP contribution is -2.01. The number of allylic oxidation sites excluding steroid dienone is 1. The van der Waals surface area contributed by atoms with Crippen LogP contribution in [0.4, 0.5) is 0 Å². The Labute approximate surface area is 79.0 Å². The second kappa shape index (κ2) is 4.13. The zero-order chi connectivity index (χ0) is 8.93. The topological polar surface area (TPSA) is 9.23 Å². The number of hydrogen-bond donors (Lipinski definition) is 0. The van der Waals surface area contributed by atoms with E-state index in [1.165, 1.54) is 24.0 Å². The van der Waals surface area contributed by atoms with Crippen molar-refractivity contribution in [2.75, 3.05) is 6.61 Å². The molecular weight excluding hydrogens is 160 g/mol. The molecule has 0 spiro atoms. The van der Waals surface area contributed by atoms with Crippen LogP contribution in [0.3, 0.4) is 0 Å². The quantitative estimate of drug-likeness (QED) is 0.669. The summed E-state index contributed by atoms with van der Waals surface area (Å²) >= 11 is 0. The molecule has 0 amide bonds. The predicted molar refractivity (Wildman–Crippen MR) is 53.4 cm³/mol. The van der Waals surface area contributed by atoms with Crippen molar-refractivity contribution in [1.29, 1.82) is 0 Å². The molecule has 0 radical (unpaired) electrons. The van der Waals surface area contributed by atoms with Crippen LogP contribution in [0, 0.1) is 0 Å². The van der Waals surface area contributed by atoms with E-state index in [1.54, 1.807) is 0 Å². The van der Waals surface area contributed by atoms with E-state index in [0.29, 0.717) is 0 Å². The zero-order valence-corrected chi connectivity index (χ0v) is 7.70. The average Bonchev–Trinajstić information content (AvgIpc) is 2.21. The molecule has 0 aromatic heterocycles. The average molecular weight is 174 g/mol. The normalized spacial score (nSPS) is 16.2. The summed E-state index contributed by atoms with van der Waals surface area (Å²) in [5.41, 5.74) is 2.79. The molecule has 0 aliphatic carbocycles. The van der Waals surface area contributed by atoms with Crippen LogP contribution in [0.2, 0.25) is 0 Å². The number of benzene rings is 1. The lowest BCUT2D eigenvalue weighted by Gasteiger charge is -2.13. The van der Waals surface area contributed by atoms with Gasteiger partial charge in [-0.3, -0.25) is 0 Å². The molecule has 13 heavy (non-hydrogen) atoms. The van der Waals surface area contributed by atoms with Crippen LogP contribution < -0.4 is 0 Å². The van der Waals surface area contributed by atoms with E-state index < -0.39 is 0 Å². The minimum Gasteiger partial charge on any atom is -0.501 e. The summed E-state index contributed by atoms with van der Waals surface area (Å²) in [6.07, 6.45) is 5.32. The minimum atomic E-state index is 0.887. The van der Waals surface area contributed by atoms with Crippen molar-refractivity contribution in [2.45, 2.75) is 19.3 Å². The molecule has 0 atom stereocenters. The summed E-state index contributed by atoms with van der Waals surface area (Å²) in [6, 6.07) is 10.5. The standard InChI is InChI=1S/C12H14O/c1-2-5-11(6-3-1)9-12-7-4-8-13-10-12/h1-3,5-6,10H,4,7-9H2. The van der Waals surface area contributed by atoms with Crippen LogP contribution in [0.25, 0.3) is 0 Å². The van der Waals surface area contributed by atoms with Gasteiger partial charge < -0.3 is 4.74 Å². The summed E-state index contributed by atoms with van der Waals surface area (Å²) in [5, 5.41) is 0. The lowest BCUT2D eigenvalue weighted by atomic mass is 10.0. The second-order valence-electron chi connectivity index (χ2n) is 3.41. The van der Waals surface area contributed by atoms with Gasteiger partial charge in [0.05, 0.1) is 12.9 Å². The summed E-state index contributed by atoms with van der Waals surface area (Å²) in [6.45, 7) is 0.887. The third kappa shape index (κ3) is 2.35. The fourth-order valence-electron chi connectivity index (χ4n) is 1.61. The first-order valence-electron chi connectivity index (χ1n) is 4.78. The summed E-state index contributed by atoms with van der Waals surface area (Å²) < 4.78 is 5.29. The Bertz CT molecular complexity index is 287. The van der Waals surface area contributed by atoms with E-state index in [0.717, 1.165) is 13.0 Å². The van der Waals surface area contributed by atoms with Crippen molar-refractivity contribution >= 4 is 0 Å². The molecule has 68 valence electrons. The van der Waals surface area contributed by atoms with Gasteiger partial charge >= 0.3 is 0 Å². The first kappa shape index (κ1) is 8.36. The van der Waals surface area contributed by atoms with E-state index in [4.69, 9.17) is 4.74 Å². The third-order valence-corrected chi connectivity index (χ3v) is 2.28. The molecular formula is C12H14O. The van der Waals surface area contributed by atoms with E-state index in [9.17, 15) is 0 Å². The highest BCUT2D eigenvalue weighted by molar-refractivity contribution is 5.21. The molecule has 0 saturated carbocycles. The fourth-order valence-corrected chi connectivity index (χ4v) is 1.61. The molecule has 1 aliphatic rings. The Morgan fingerprint density at radius 1 is 1.15 bits per heavy atom. The minimum absolute atomic E-state index is 0.887. The summed E-state index contributed by atoms with van der Waals surface area (Å²) in [5.74, 6) is 0. The summed E-state index contributed by atoms with van der Waals surface area (Å²) in [7, 11) is 0. The van der Waals surface area contributed by atoms with E-state index >= 15 is 0 Å². The van der Waals surface area contributed by atoms with Gasteiger partial charge in [-0.2, -0.15) is 0 Å². The highest BCUT2D eigenvalue weighted by atomic mass is 16.5. The van der Waals surface area contributed by atoms with Gasteiger partial charge in [-0.1, -0.05) is 30.3 Å². The van der Waals surface area contributed by atoms with E-state index in [2.05, 4.69) is 30.3 Å². The fraction of sp³-hybridized carbons (Fsp3) is 0.333. The largest absolute Gasteiger partial charge is 0.501 e. The van der Waals surface area contributed by atoms with Gasteiger partial charge in [0.1, 0.15) is 0 Å². The van der Waals surface area contributed by atoms with Crippen LogP contribution in [0.15, 0.2) is 42.2 Å². The molecule has 1 heterocycles. The molecule has 0 unspecified atom stereocenters. The smallest absolute Gasteiger partial charge is 0.0876 e. The maximum Gasteiger partial charge on any atom is 0.0876 e. The van der Waals surface area contributed by atoms with Crippen molar-refractivity contribution in [3.63, 3.8) is 0 Å². The Hall–Kier alpha value is -1.24. The highest BCUT2D eigenvalue weighted by Gasteiger charge is 2.04. The number of hydrogen-bond acceptors (Lipinski definition) is 1. The highest BCUT2D eigenvalue weighted by Crippen LogP contribution is 2.16. The molecule has 0 saturated heterocycles. The second-order valence-corrected chi connectivity index (χ2v) is 3.41. The van der Waals surface area contributed by atoms with Gasteiger partial charge in [-0.25, -0.2) is 0 Å². The maximum absolute atomic E-state index is 5.29. The Kier molecular flexibility index (Phi) is 2.65. The Morgan fingerprint density at radius 2 is 2.00 bits per heavy atom. The van der Waals surface area contributed by atoms with Gasteiger partial charge in [0.25, 0.3) is 0 Å². The Morgan fingerprint density at radius 3 is 2.69 bits per heavy atom. The predicted octanol–water partition coefficient (Wildman–Crippen LogP) is 2.92. The van der Waals surface area contributed by atoms with Crippen molar-refractivity contribution in [2.24, 2.45) is 0 Å². The van der Waals surface area contributed by atoms with Gasteiger partial charge in [0.15, 0.2) is 0 Å². The molecule has 1 nitrogen and oxygen atoms in total. The first-order valence-corrected chi connectivity index (χ1v) is 4.78. The van der Waals surface area contributed by atoms with Gasteiger partial charge in [0, 0.05) is 0 Å². The van der Waals surface area contributed by atoms with E-state index in [-0.39, 0.29) is 0 Å². The molecule has 0 N–H and O–H groups in total. The summed E-state index contributed by atoms with van der Waals surface area (Å²) in [4.78, 5) is 0. The number of rotatable bonds is 2. The van der Waals surface area contributed by atoms with Crippen LogP contribution in [-0.2, 0) is 11.2 Å². The zero-order valence-electron chi connectivity index (χ0n) is 7.70. The first-order chi connectivity index (χ1) is 6.45. The molecule has 1 aromatic rings. The molecule has 0 bridgehead atoms. The van der Waals surface area contributed by atoms with E-state index in [1.807, 2.05) is 6.26 Å². The van der Waals surface area contributed by atoms with Gasteiger partial charge in [-0.15, -0.1) is 0 Å². The lowest BCUT2D eigenvalue weighted by molar-refractivity contribution is 0.224. The van der Waals surface area contributed by atoms with Crippen LogP contribution in [0.5, 0.6) is 0 Å². The Balaban J connectivity index is 2.01. The molecule has 1 aliphatic heterocycles. The van der Waals surface area contributed by atoms with Crippen LogP contribution >= 0.6 is 0 Å². The molecule has 1 aromatic carbocycles. The van der Waals surface area contributed by atoms with Crippen molar-refractivity contribution in [3.05, 3.63) is 47.7 Å². The molecule has 1 heteroatoms. The number of ether oxygens (including phenoxy) is 1. The molecule has 2 rings (SSSR count).